The Morgan fingerprint density at radius 1 is 1.30 bits per heavy atom. The number of ether oxygens (including phenoxy) is 2. The molecular formula is C18H24N4O4S. The van der Waals surface area contributed by atoms with Crippen molar-refractivity contribution < 1.29 is 19.7 Å². The Labute approximate surface area is 161 Å². The molecule has 9 heteroatoms. The summed E-state index contributed by atoms with van der Waals surface area (Å²) in [5, 5.41) is 24.3. The second kappa shape index (κ2) is 8.55. The zero-order chi connectivity index (χ0) is 19.4. The van der Waals surface area contributed by atoms with E-state index in [1.807, 2.05) is 32.0 Å². The molecule has 2 aromatic heterocycles. The molecule has 0 fully saturated rings. The van der Waals surface area contributed by atoms with Crippen LogP contribution < -0.4 is 9.47 Å². The molecule has 0 radical (unpaired) electrons. The predicted octanol–water partition coefficient (Wildman–Crippen LogP) is 2.31. The van der Waals surface area contributed by atoms with Gasteiger partial charge < -0.3 is 19.7 Å². The van der Waals surface area contributed by atoms with Crippen molar-refractivity contribution in [3.05, 3.63) is 35.0 Å². The molecule has 0 aliphatic heterocycles. The number of nitrogens with zero attached hydrogens (tertiary/aromatic N) is 4. The molecule has 1 atom stereocenters. The summed E-state index contributed by atoms with van der Waals surface area (Å²) >= 11 is 1.37. The average molecular weight is 392 g/mol. The maximum absolute atomic E-state index is 10.7. The zero-order valence-corrected chi connectivity index (χ0v) is 16.4. The maximum Gasteiger partial charge on any atom is 0.230 e. The van der Waals surface area contributed by atoms with Gasteiger partial charge in [-0.2, -0.15) is 9.61 Å². The van der Waals surface area contributed by atoms with Crippen molar-refractivity contribution in [3.8, 4) is 17.4 Å². The van der Waals surface area contributed by atoms with Gasteiger partial charge in [0.15, 0.2) is 11.5 Å². The zero-order valence-electron chi connectivity index (χ0n) is 15.6. The molecular weight excluding hydrogens is 368 g/mol. The fraction of sp³-hybridized carbons (Fsp3) is 0.444. The van der Waals surface area contributed by atoms with E-state index in [2.05, 4.69) is 15.0 Å². The second-order valence-corrected chi connectivity index (χ2v) is 6.85. The number of aliphatic hydroxyl groups excluding tert-OH is 1. The van der Waals surface area contributed by atoms with Crippen molar-refractivity contribution in [2.24, 2.45) is 0 Å². The Balaban J connectivity index is 2.12. The normalized spacial score (nSPS) is 12.6. The van der Waals surface area contributed by atoms with Gasteiger partial charge in [0, 0.05) is 6.54 Å². The Bertz CT molecular complexity index is 895. The lowest BCUT2D eigenvalue weighted by molar-refractivity contribution is 0.174. The molecule has 0 saturated carbocycles. The first-order valence-corrected chi connectivity index (χ1v) is 9.63. The summed E-state index contributed by atoms with van der Waals surface area (Å²) in [5.74, 6) is 1.35. The molecule has 2 heterocycles. The third kappa shape index (κ3) is 3.71. The predicted molar refractivity (Wildman–Crippen MR) is 103 cm³/mol. The summed E-state index contributed by atoms with van der Waals surface area (Å²) in [6, 6.07) is 5.45. The van der Waals surface area contributed by atoms with Gasteiger partial charge in [0.1, 0.15) is 6.33 Å². The number of hydrogen-bond donors (Lipinski definition) is 2. The number of likely N-dealkylation sites (N-methyl/N-ethyl adjacent to an activating group) is 1. The molecule has 0 spiro atoms. The van der Waals surface area contributed by atoms with Gasteiger partial charge in [-0.3, -0.25) is 4.90 Å². The lowest BCUT2D eigenvalue weighted by Gasteiger charge is -2.30. The van der Waals surface area contributed by atoms with Crippen LogP contribution in [-0.4, -0.2) is 63.1 Å². The number of benzene rings is 1. The van der Waals surface area contributed by atoms with E-state index >= 15 is 0 Å². The van der Waals surface area contributed by atoms with Crippen LogP contribution in [0.1, 0.15) is 30.3 Å². The summed E-state index contributed by atoms with van der Waals surface area (Å²) in [4.78, 5) is 7.59. The van der Waals surface area contributed by atoms with Crippen molar-refractivity contribution in [3.63, 3.8) is 0 Å². The van der Waals surface area contributed by atoms with Crippen molar-refractivity contribution >= 4 is 16.3 Å². The highest BCUT2D eigenvalue weighted by Gasteiger charge is 2.29. The van der Waals surface area contributed by atoms with E-state index in [9.17, 15) is 10.2 Å². The molecule has 1 unspecified atom stereocenters. The van der Waals surface area contributed by atoms with Crippen LogP contribution in [0.4, 0.5) is 0 Å². The highest BCUT2D eigenvalue weighted by Crippen LogP contribution is 2.41. The topological polar surface area (TPSA) is 92.4 Å². The van der Waals surface area contributed by atoms with E-state index in [4.69, 9.17) is 9.47 Å². The van der Waals surface area contributed by atoms with Crippen molar-refractivity contribution in [2.75, 3.05) is 33.4 Å². The van der Waals surface area contributed by atoms with Crippen molar-refractivity contribution in [1.82, 2.24) is 19.5 Å². The second-order valence-electron chi connectivity index (χ2n) is 5.84. The number of aromatic hydroxyl groups is 1. The van der Waals surface area contributed by atoms with Crippen LogP contribution in [0.5, 0.6) is 17.4 Å². The number of aliphatic hydroxyl groups is 1. The first-order chi connectivity index (χ1) is 13.1. The molecule has 0 amide bonds. The van der Waals surface area contributed by atoms with E-state index in [0.29, 0.717) is 41.0 Å². The SMILES string of the molecule is CCOc1ccc(C(c2sc3ncnn3c2O)N(CC)CCO)cc1OC. The monoisotopic (exact) mass is 392 g/mol. The largest absolute Gasteiger partial charge is 0.493 e. The van der Waals surface area contributed by atoms with Crippen molar-refractivity contribution in [1.29, 1.82) is 0 Å². The Morgan fingerprint density at radius 3 is 2.74 bits per heavy atom. The molecule has 0 aliphatic rings. The lowest BCUT2D eigenvalue weighted by Crippen LogP contribution is -2.31. The van der Waals surface area contributed by atoms with E-state index < -0.39 is 0 Å². The minimum atomic E-state index is -0.278. The van der Waals surface area contributed by atoms with Gasteiger partial charge in [0.25, 0.3) is 0 Å². The molecule has 27 heavy (non-hydrogen) atoms. The minimum absolute atomic E-state index is 0.0139. The molecule has 146 valence electrons. The van der Waals surface area contributed by atoms with Gasteiger partial charge in [-0.25, -0.2) is 4.98 Å². The summed E-state index contributed by atoms with van der Waals surface area (Å²) in [7, 11) is 1.60. The van der Waals surface area contributed by atoms with E-state index in [-0.39, 0.29) is 18.5 Å². The first-order valence-electron chi connectivity index (χ1n) is 8.81. The van der Waals surface area contributed by atoms with Crippen LogP contribution in [0.25, 0.3) is 4.96 Å². The van der Waals surface area contributed by atoms with Gasteiger partial charge in [0.2, 0.25) is 10.8 Å². The summed E-state index contributed by atoms with van der Waals surface area (Å²) in [6.45, 7) is 5.64. The average Bonchev–Trinajstić information content (AvgIpc) is 3.26. The third-order valence-electron chi connectivity index (χ3n) is 4.35. The van der Waals surface area contributed by atoms with E-state index in [0.717, 1.165) is 5.56 Å². The van der Waals surface area contributed by atoms with Crippen LogP contribution >= 0.6 is 11.3 Å². The number of methoxy groups -OCH3 is 1. The van der Waals surface area contributed by atoms with Gasteiger partial charge in [0.05, 0.1) is 31.2 Å². The summed E-state index contributed by atoms with van der Waals surface area (Å²) in [5.41, 5.74) is 0.922. The Morgan fingerprint density at radius 2 is 2.11 bits per heavy atom. The molecule has 3 aromatic rings. The molecule has 2 N–H and O–H groups in total. The Kier molecular flexibility index (Phi) is 6.15. The number of fused-ring (bicyclic) bond motifs is 1. The molecule has 8 nitrogen and oxygen atoms in total. The molecule has 0 aliphatic carbocycles. The lowest BCUT2D eigenvalue weighted by atomic mass is 10.0. The van der Waals surface area contributed by atoms with Crippen LogP contribution in [0.2, 0.25) is 0 Å². The van der Waals surface area contributed by atoms with Gasteiger partial charge in [-0.15, -0.1) is 0 Å². The quantitative estimate of drug-likeness (QED) is 0.577. The molecule has 1 aromatic carbocycles. The van der Waals surface area contributed by atoms with Crippen LogP contribution in [0.3, 0.4) is 0 Å². The fourth-order valence-electron chi connectivity index (χ4n) is 3.13. The number of thiazole rings is 1. The highest BCUT2D eigenvalue weighted by atomic mass is 32.1. The first kappa shape index (κ1) is 19.4. The van der Waals surface area contributed by atoms with Gasteiger partial charge in [-0.05, 0) is 31.2 Å². The van der Waals surface area contributed by atoms with Crippen LogP contribution in [0.15, 0.2) is 24.5 Å². The van der Waals surface area contributed by atoms with E-state index in [1.165, 1.54) is 22.2 Å². The number of aromatic nitrogens is 3. The Hall–Kier alpha value is -2.36. The number of hydrogen-bond acceptors (Lipinski definition) is 8. The maximum atomic E-state index is 10.7. The summed E-state index contributed by atoms with van der Waals surface area (Å²) < 4.78 is 12.5. The van der Waals surface area contributed by atoms with Gasteiger partial charge in [-0.1, -0.05) is 24.3 Å². The number of rotatable bonds is 9. The van der Waals surface area contributed by atoms with Gasteiger partial charge >= 0.3 is 0 Å². The van der Waals surface area contributed by atoms with E-state index in [1.54, 1.807) is 7.11 Å². The summed E-state index contributed by atoms with van der Waals surface area (Å²) in [6.07, 6.45) is 1.41. The third-order valence-corrected chi connectivity index (χ3v) is 5.44. The molecule has 0 bridgehead atoms. The standard InChI is InChI=1S/C18H24N4O4S/c1-4-21(8-9-23)15(16-17(24)22-18(27-16)19-11-20-22)12-6-7-13(26-5-2)14(10-12)25-3/h6-7,10-11,15,23-24H,4-5,8-9H2,1-3H3. The van der Waals surface area contributed by atoms with Crippen molar-refractivity contribution in [2.45, 2.75) is 19.9 Å². The molecule has 3 rings (SSSR count). The molecule has 0 saturated heterocycles. The fourth-order valence-corrected chi connectivity index (χ4v) is 4.22. The minimum Gasteiger partial charge on any atom is -0.493 e. The highest BCUT2D eigenvalue weighted by molar-refractivity contribution is 7.17. The van der Waals surface area contributed by atoms with Crippen LogP contribution in [0, 0.1) is 0 Å². The smallest absolute Gasteiger partial charge is 0.230 e. The van der Waals surface area contributed by atoms with Crippen LogP contribution in [-0.2, 0) is 0 Å².